The van der Waals surface area contributed by atoms with Gasteiger partial charge in [0.15, 0.2) is 0 Å². The minimum absolute atomic E-state index is 0.229. The normalized spacial score (nSPS) is 10.6. The molecule has 0 radical (unpaired) electrons. The molecule has 3 aromatic rings. The maximum Gasteiger partial charge on any atom is 0.255 e. The van der Waals surface area contributed by atoms with Gasteiger partial charge in [0.05, 0.1) is 18.5 Å². The molecular weight excluding hydrogens is 380 g/mol. The first kappa shape index (κ1) is 20.9. The zero-order valence-corrected chi connectivity index (χ0v) is 17.0. The van der Waals surface area contributed by atoms with Gasteiger partial charge in [0, 0.05) is 17.8 Å². The van der Waals surface area contributed by atoms with Crippen molar-refractivity contribution in [2.45, 2.75) is 6.42 Å². The monoisotopic (exact) mass is 404 g/mol. The van der Waals surface area contributed by atoms with Crippen LogP contribution >= 0.6 is 0 Å². The third-order valence-electron chi connectivity index (χ3n) is 4.43. The van der Waals surface area contributed by atoms with Crippen LogP contribution in [0.2, 0.25) is 0 Å². The van der Waals surface area contributed by atoms with E-state index in [0.717, 1.165) is 18.7 Å². The van der Waals surface area contributed by atoms with Gasteiger partial charge in [0.1, 0.15) is 23.2 Å². The average molecular weight is 404 g/mol. The summed E-state index contributed by atoms with van der Waals surface area (Å²) in [6.07, 6.45) is 2.36. The summed E-state index contributed by atoms with van der Waals surface area (Å²) < 4.78 is 7.15. The number of benzene rings is 2. The SMILES string of the molecule is CN(C)CCCOc1ccc(NC(=O)c2ccc(-n3ncc(C#N)c3N)cc2)cc1. The van der Waals surface area contributed by atoms with Crippen molar-refractivity contribution in [1.82, 2.24) is 14.7 Å². The predicted molar refractivity (Wildman–Crippen MR) is 116 cm³/mol. The highest BCUT2D eigenvalue weighted by Crippen LogP contribution is 2.19. The van der Waals surface area contributed by atoms with Gasteiger partial charge in [0.25, 0.3) is 5.91 Å². The van der Waals surface area contributed by atoms with E-state index in [2.05, 4.69) is 15.3 Å². The van der Waals surface area contributed by atoms with Crippen LogP contribution in [0.15, 0.2) is 54.7 Å². The minimum Gasteiger partial charge on any atom is -0.494 e. The van der Waals surface area contributed by atoms with Crippen molar-refractivity contribution in [3.05, 3.63) is 65.9 Å². The molecule has 0 aliphatic carbocycles. The molecule has 8 nitrogen and oxygen atoms in total. The van der Waals surface area contributed by atoms with Crippen LogP contribution in [0.5, 0.6) is 5.75 Å². The Labute approximate surface area is 175 Å². The highest BCUT2D eigenvalue weighted by molar-refractivity contribution is 6.04. The predicted octanol–water partition coefficient (Wildman–Crippen LogP) is 2.91. The molecule has 0 spiro atoms. The molecule has 8 heteroatoms. The summed E-state index contributed by atoms with van der Waals surface area (Å²) in [5.41, 5.74) is 8.05. The molecule has 2 aromatic carbocycles. The number of nitrogens with zero attached hydrogens (tertiary/aromatic N) is 4. The summed E-state index contributed by atoms with van der Waals surface area (Å²) in [4.78, 5) is 14.6. The number of amides is 1. The van der Waals surface area contributed by atoms with E-state index in [1.165, 1.54) is 10.9 Å². The van der Waals surface area contributed by atoms with E-state index in [0.29, 0.717) is 29.1 Å². The molecule has 1 amide bonds. The molecule has 154 valence electrons. The number of carbonyl (C=O) groups excluding carboxylic acids is 1. The zero-order valence-electron chi connectivity index (χ0n) is 17.0. The summed E-state index contributed by atoms with van der Waals surface area (Å²) in [6, 6.07) is 16.1. The smallest absolute Gasteiger partial charge is 0.255 e. The molecule has 0 aliphatic heterocycles. The van der Waals surface area contributed by atoms with E-state index < -0.39 is 0 Å². The van der Waals surface area contributed by atoms with Gasteiger partial charge in [0.2, 0.25) is 0 Å². The van der Waals surface area contributed by atoms with Crippen LogP contribution in [-0.2, 0) is 0 Å². The van der Waals surface area contributed by atoms with Crippen molar-refractivity contribution in [3.8, 4) is 17.5 Å². The third-order valence-corrected chi connectivity index (χ3v) is 4.43. The average Bonchev–Trinajstić information content (AvgIpc) is 3.12. The molecule has 0 saturated heterocycles. The first-order chi connectivity index (χ1) is 14.5. The zero-order chi connectivity index (χ0) is 21.5. The first-order valence-electron chi connectivity index (χ1n) is 9.51. The second-order valence-corrected chi connectivity index (χ2v) is 7.00. The number of anilines is 2. The minimum atomic E-state index is -0.229. The Bertz CT molecular complexity index is 1030. The molecule has 0 saturated carbocycles. The fourth-order valence-electron chi connectivity index (χ4n) is 2.81. The summed E-state index contributed by atoms with van der Waals surface area (Å²) in [7, 11) is 4.06. The lowest BCUT2D eigenvalue weighted by molar-refractivity contribution is 0.102. The number of nitriles is 1. The van der Waals surface area contributed by atoms with E-state index in [-0.39, 0.29) is 11.7 Å². The third kappa shape index (κ3) is 5.16. The maximum atomic E-state index is 12.5. The highest BCUT2D eigenvalue weighted by Gasteiger charge is 2.10. The van der Waals surface area contributed by atoms with Crippen LogP contribution in [-0.4, -0.2) is 47.8 Å². The Balaban J connectivity index is 1.58. The number of rotatable bonds is 8. The van der Waals surface area contributed by atoms with Crippen LogP contribution in [0.3, 0.4) is 0 Å². The lowest BCUT2D eigenvalue weighted by Gasteiger charge is -2.11. The Morgan fingerprint density at radius 1 is 1.20 bits per heavy atom. The van der Waals surface area contributed by atoms with Crippen LogP contribution < -0.4 is 15.8 Å². The Hall–Kier alpha value is -3.83. The maximum absolute atomic E-state index is 12.5. The number of nitrogen functional groups attached to an aromatic ring is 1. The number of ether oxygens (including phenoxy) is 1. The van der Waals surface area contributed by atoms with Gasteiger partial charge in [-0.15, -0.1) is 0 Å². The quantitative estimate of drug-likeness (QED) is 0.559. The van der Waals surface area contributed by atoms with E-state index in [9.17, 15) is 4.79 Å². The molecule has 3 N–H and O–H groups in total. The number of aromatic nitrogens is 2. The fourth-order valence-corrected chi connectivity index (χ4v) is 2.81. The van der Waals surface area contributed by atoms with Crippen LogP contribution in [0.4, 0.5) is 11.5 Å². The molecule has 0 unspecified atom stereocenters. The molecule has 0 bridgehead atoms. The Kier molecular flexibility index (Phi) is 6.67. The van der Waals surface area contributed by atoms with Crippen molar-refractivity contribution < 1.29 is 9.53 Å². The second kappa shape index (κ2) is 9.58. The number of carbonyl (C=O) groups is 1. The van der Waals surface area contributed by atoms with Gasteiger partial charge in [-0.1, -0.05) is 0 Å². The van der Waals surface area contributed by atoms with Crippen molar-refractivity contribution in [3.63, 3.8) is 0 Å². The van der Waals surface area contributed by atoms with Gasteiger partial charge >= 0.3 is 0 Å². The topological polar surface area (TPSA) is 109 Å². The molecule has 0 atom stereocenters. The number of hydrogen-bond donors (Lipinski definition) is 2. The summed E-state index contributed by atoms with van der Waals surface area (Å²) in [6.45, 7) is 1.62. The van der Waals surface area contributed by atoms with Crippen molar-refractivity contribution in [1.29, 1.82) is 5.26 Å². The summed E-state index contributed by atoms with van der Waals surface area (Å²) >= 11 is 0. The van der Waals surface area contributed by atoms with Gasteiger partial charge in [-0.05, 0) is 69.0 Å². The standard InChI is InChI=1S/C22H24N6O2/c1-27(2)12-3-13-30-20-10-6-18(7-11-20)26-22(29)16-4-8-19(9-5-16)28-21(24)17(14-23)15-25-28/h4-11,15H,3,12-13,24H2,1-2H3,(H,26,29). The van der Waals surface area contributed by atoms with E-state index >= 15 is 0 Å². The molecule has 3 rings (SSSR count). The van der Waals surface area contributed by atoms with Crippen LogP contribution in [0, 0.1) is 11.3 Å². The van der Waals surface area contributed by atoms with Crippen molar-refractivity contribution in [2.75, 3.05) is 38.3 Å². The summed E-state index contributed by atoms with van der Waals surface area (Å²) in [5.74, 6) is 0.802. The molecule has 1 aromatic heterocycles. The number of nitrogens with one attached hydrogen (secondary N) is 1. The Morgan fingerprint density at radius 3 is 2.50 bits per heavy atom. The lowest BCUT2D eigenvalue weighted by atomic mass is 10.2. The van der Waals surface area contributed by atoms with Crippen molar-refractivity contribution >= 4 is 17.4 Å². The van der Waals surface area contributed by atoms with Gasteiger partial charge in [-0.2, -0.15) is 10.4 Å². The van der Waals surface area contributed by atoms with Gasteiger partial charge in [-0.25, -0.2) is 4.68 Å². The lowest BCUT2D eigenvalue weighted by Crippen LogP contribution is -2.15. The van der Waals surface area contributed by atoms with Gasteiger partial charge in [-0.3, -0.25) is 4.79 Å². The van der Waals surface area contributed by atoms with E-state index in [1.807, 2.05) is 32.3 Å². The number of nitrogens with two attached hydrogens (primary N) is 1. The molecule has 0 aliphatic rings. The molecule has 1 heterocycles. The molecule has 0 fully saturated rings. The second-order valence-electron chi connectivity index (χ2n) is 7.00. The van der Waals surface area contributed by atoms with E-state index in [4.69, 9.17) is 15.7 Å². The highest BCUT2D eigenvalue weighted by atomic mass is 16.5. The first-order valence-corrected chi connectivity index (χ1v) is 9.51. The van der Waals surface area contributed by atoms with E-state index in [1.54, 1.807) is 36.4 Å². The van der Waals surface area contributed by atoms with Crippen LogP contribution in [0.25, 0.3) is 5.69 Å². The Morgan fingerprint density at radius 2 is 1.90 bits per heavy atom. The molecular formula is C22H24N6O2. The van der Waals surface area contributed by atoms with Gasteiger partial charge < -0.3 is 20.7 Å². The molecule has 30 heavy (non-hydrogen) atoms. The largest absolute Gasteiger partial charge is 0.494 e. The number of hydrogen-bond acceptors (Lipinski definition) is 6. The van der Waals surface area contributed by atoms with Crippen molar-refractivity contribution in [2.24, 2.45) is 0 Å². The fraction of sp³-hybridized carbons (Fsp3) is 0.227. The summed E-state index contributed by atoms with van der Waals surface area (Å²) in [5, 5.41) is 15.9. The van der Waals surface area contributed by atoms with Crippen LogP contribution in [0.1, 0.15) is 22.3 Å².